The molecule has 110 valence electrons. The van der Waals surface area contributed by atoms with Gasteiger partial charge in [-0.05, 0) is 24.0 Å². The fraction of sp³-hybridized carbons (Fsp3) is 0.562. The largest absolute Gasteiger partial charge is 0.483 e. The zero-order chi connectivity index (χ0) is 14.4. The summed E-state index contributed by atoms with van der Waals surface area (Å²) in [5.74, 6) is 3.48. The number of carbonyl (C=O) groups excluding carboxylic acids is 1. The molecule has 1 atom stereocenters. The Bertz CT molecular complexity index is 444. The Labute approximate surface area is 125 Å². The van der Waals surface area contributed by atoms with Crippen LogP contribution >= 0.6 is 11.8 Å². The number of benzene rings is 1. The van der Waals surface area contributed by atoms with Crippen LogP contribution in [0, 0.1) is 0 Å². The molecule has 1 aromatic rings. The molecule has 20 heavy (non-hydrogen) atoms. The zero-order valence-electron chi connectivity index (χ0n) is 12.3. The summed E-state index contributed by atoms with van der Waals surface area (Å²) in [4.78, 5) is 14.0. The molecule has 1 saturated heterocycles. The van der Waals surface area contributed by atoms with Crippen LogP contribution in [0.4, 0.5) is 0 Å². The standard InChI is InChI=1S/C16H23NO2S/c1-3-13(2)14-6-4-5-7-15(14)19-12-16(18)17-8-10-20-11-9-17/h4-7,13H,3,8-12H2,1-2H3. The van der Waals surface area contributed by atoms with Crippen LogP contribution in [0.3, 0.4) is 0 Å². The van der Waals surface area contributed by atoms with Crippen molar-refractivity contribution in [2.75, 3.05) is 31.2 Å². The number of nitrogens with zero attached hydrogens (tertiary/aromatic N) is 1. The summed E-state index contributed by atoms with van der Waals surface area (Å²) in [5, 5.41) is 0. The lowest BCUT2D eigenvalue weighted by Crippen LogP contribution is -2.40. The van der Waals surface area contributed by atoms with Crippen LogP contribution in [0.1, 0.15) is 31.7 Å². The molecule has 1 unspecified atom stereocenters. The third-order valence-corrected chi connectivity index (χ3v) is 4.72. The summed E-state index contributed by atoms with van der Waals surface area (Å²) >= 11 is 1.91. The van der Waals surface area contributed by atoms with Crippen LogP contribution in [-0.4, -0.2) is 42.0 Å². The zero-order valence-corrected chi connectivity index (χ0v) is 13.1. The Morgan fingerprint density at radius 2 is 2.05 bits per heavy atom. The van der Waals surface area contributed by atoms with E-state index < -0.39 is 0 Å². The maximum atomic E-state index is 12.1. The average molecular weight is 293 g/mol. The smallest absolute Gasteiger partial charge is 0.260 e. The Balaban J connectivity index is 1.94. The van der Waals surface area contributed by atoms with E-state index in [4.69, 9.17) is 4.74 Å². The number of ether oxygens (including phenoxy) is 1. The molecule has 0 spiro atoms. The van der Waals surface area contributed by atoms with Crippen molar-refractivity contribution in [3.05, 3.63) is 29.8 Å². The lowest BCUT2D eigenvalue weighted by molar-refractivity contribution is -0.133. The molecule has 0 N–H and O–H groups in total. The van der Waals surface area contributed by atoms with Crippen LogP contribution < -0.4 is 4.74 Å². The molecule has 0 radical (unpaired) electrons. The Morgan fingerprint density at radius 1 is 1.35 bits per heavy atom. The summed E-state index contributed by atoms with van der Waals surface area (Å²) in [6, 6.07) is 8.04. The van der Waals surface area contributed by atoms with Crippen molar-refractivity contribution in [2.45, 2.75) is 26.2 Å². The minimum Gasteiger partial charge on any atom is -0.483 e. The van der Waals surface area contributed by atoms with E-state index in [-0.39, 0.29) is 12.5 Å². The van der Waals surface area contributed by atoms with Gasteiger partial charge in [-0.2, -0.15) is 11.8 Å². The summed E-state index contributed by atoms with van der Waals surface area (Å²) in [6.45, 7) is 6.20. The Hall–Kier alpha value is -1.16. The van der Waals surface area contributed by atoms with Gasteiger partial charge in [0.25, 0.3) is 5.91 Å². The van der Waals surface area contributed by atoms with E-state index in [0.717, 1.165) is 36.8 Å². The maximum absolute atomic E-state index is 12.1. The topological polar surface area (TPSA) is 29.5 Å². The Kier molecular flexibility index (Phi) is 5.77. The minimum absolute atomic E-state index is 0.101. The van der Waals surface area contributed by atoms with Crippen molar-refractivity contribution in [1.29, 1.82) is 0 Å². The first-order chi connectivity index (χ1) is 9.72. The van der Waals surface area contributed by atoms with Crippen molar-refractivity contribution < 1.29 is 9.53 Å². The van der Waals surface area contributed by atoms with E-state index in [9.17, 15) is 4.79 Å². The highest BCUT2D eigenvalue weighted by atomic mass is 32.2. The van der Waals surface area contributed by atoms with Gasteiger partial charge in [-0.3, -0.25) is 4.79 Å². The molecule has 0 aliphatic carbocycles. The van der Waals surface area contributed by atoms with Crippen LogP contribution in [-0.2, 0) is 4.79 Å². The van der Waals surface area contributed by atoms with Crippen molar-refractivity contribution in [2.24, 2.45) is 0 Å². The molecular weight excluding hydrogens is 270 g/mol. The molecule has 0 saturated carbocycles. The number of carbonyl (C=O) groups is 1. The molecule has 1 aliphatic heterocycles. The lowest BCUT2D eigenvalue weighted by atomic mass is 9.98. The minimum atomic E-state index is 0.101. The van der Waals surface area contributed by atoms with Gasteiger partial charge in [-0.25, -0.2) is 0 Å². The highest BCUT2D eigenvalue weighted by Gasteiger charge is 2.18. The summed E-state index contributed by atoms with van der Waals surface area (Å²) in [7, 11) is 0. The highest BCUT2D eigenvalue weighted by molar-refractivity contribution is 7.99. The van der Waals surface area contributed by atoms with Crippen molar-refractivity contribution in [1.82, 2.24) is 4.90 Å². The van der Waals surface area contributed by atoms with Gasteiger partial charge in [0.15, 0.2) is 6.61 Å². The first-order valence-electron chi connectivity index (χ1n) is 7.29. The second-order valence-corrected chi connectivity index (χ2v) is 6.35. The molecule has 3 nitrogen and oxygen atoms in total. The van der Waals surface area contributed by atoms with Gasteiger partial charge in [0, 0.05) is 24.6 Å². The van der Waals surface area contributed by atoms with Gasteiger partial charge in [0.1, 0.15) is 5.75 Å². The van der Waals surface area contributed by atoms with Gasteiger partial charge >= 0.3 is 0 Å². The number of hydrogen-bond donors (Lipinski definition) is 0. The predicted octanol–water partition coefficient (Wildman–Crippen LogP) is 3.15. The molecule has 1 heterocycles. The summed E-state index contributed by atoms with van der Waals surface area (Å²) < 4.78 is 5.78. The van der Waals surface area contributed by atoms with Crippen molar-refractivity contribution >= 4 is 17.7 Å². The van der Waals surface area contributed by atoms with Crippen molar-refractivity contribution in [3.8, 4) is 5.75 Å². The second kappa shape index (κ2) is 7.58. The fourth-order valence-electron chi connectivity index (χ4n) is 2.28. The van der Waals surface area contributed by atoms with Gasteiger partial charge in [0.2, 0.25) is 0 Å². The lowest BCUT2D eigenvalue weighted by Gasteiger charge is -2.26. The molecule has 1 fully saturated rings. The monoisotopic (exact) mass is 293 g/mol. The third-order valence-electron chi connectivity index (χ3n) is 3.78. The van der Waals surface area contributed by atoms with Gasteiger partial charge in [-0.1, -0.05) is 32.0 Å². The first-order valence-corrected chi connectivity index (χ1v) is 8.45. The van der Waals surface area contributed by atoms with Crippen LogP contribution in [0.25, 0.3) is 0 Å². The molecule has 0 aromatic heterocycles. The van der Waals surface area contributed by atoms with E-state index in [2.05, 4.69) is 19.9 Å². The van der Waals surface area contributed by atoms with E-state index in [1.165, 1.54) is 5.56 Å². The van der Waals surface area contributed by atoms with E-state index >= 15 is 0 Å². The third kappa shape index (κ3) is 3.92. The molecule has 0 bridgehead atoms. The summed E-state index contributed by atoms with van der Waals surface area (Å²) in [6.07, 6.45) is 1.07. The number of thioether (sulfide) groups is 1. The normalized spacial score (nSPS) is 16.8. The average Bonchev–Trinajstić information content (AvgIpc) is 2.53. The van der Waals surface area contributed by atoms with Gasteiger partial charge in [0.05, 0.1) is 0 Å². The van der Waals surface area contributed by atoms with E-state index in [1.54, 1.807) is 0 Å². The maximum Gasteiger partial charge on any atom is 0.260 e. The first kappa shape index (κ1) is 15.2. The molecule has 2 rings (SSSR count). The summed E-state index contributed by atoms with van der Waals surface area (Å²) in [5.41, 5.74) is 1.19. The predicted molar refractivity (Wildman–Crippen MR) is 84.5 cm³/mol. The fourth-order valence-corrected chi connectivity index (χ4v) is 3.19. The molecule has 1 aromatic carbocycles. The molecular formula is C16H23NO2S. The van der Waals surface area contributed by atoms with E-state index in [1.807, 2.05) is 34.9 Å². The molecule has 1 amide bonds. The van der Waals surface area contributed by atoms with Crippen LogP contribution in [0.5, 0.6) is 5.75 Å². The molecule has 4 heteroatoms. The van der Waals surface area contributed by atoms with Crippen molar-refractivity contribution in [3.63, 3.8) is 0 Å². The second-order valence-electron chi connectivity index (χ2n) is 5.13. The quantitative estimate of drug-likeness (QED) is 0.835. The van der Waals surface area contributed by atoms with E-state index in [0.29, 0.717) is 5.92 Å². The number of hydrogen-bond acceptors (Lipinski definition) is 3. The van der Waals surface area contributed by atoms with Crippen LogP contribution in [0.2, 0.25) is 0 Å². The number of rotatable bonds is 5. The highest BCUT2D eigenvalue weighted by Crippen LogP contribution is 2.28. The number of amides is 1. The van der Waals surface area contributed by atoms with Crippen LogP contribution in [0.15, 0.2) is 24.3 Å². The van der Waals surface area contributed by atoms with Gasteiger partial charge in [-0.15, -0.1) is 0 Å². The Morgan fingerprint density at radius 3 is 2.75 bits per heavy atom. The molecule has 1 aliphatic rings. The SMILES string of the molecule is CCC(C)c1ccccc1OCC(=O)N1CCSCC1. The van der Waals surface area contributed by atoms with Gasteiger partial charge < -0.3 is 9.64 Å². The number of para-hydroxylation sites is 1.